The highest BCUT2D eigenvalue weighted by atomic mass is 32.1. The zero-order chi connectivity index (χ0) is 11.4. The second kappa shape index (κ2) is 4.75. The quantitative estimate of drug-likeness (QED) is 0.579. The molecule has 0 unspecified atom stereocenters. The van der Waals surface area contributed by atoms with E-state index in [9.17, 15) is 4.79 Å². The molecule has 0 atom stereocenters. The fourth-order valence-electron chi connectivity index (χ4n) is 1.03. The summed E-state index contributed by atoms with van der Waals surface area (Å²) in [7, 11) is 0. The van der Waals surface area contributed by atoms with Gasteiger partial charge in [0.05, 0.1) is 5.69 Å². The SMILES string of the molecule is CC(=O)ON(C(N)=S)c1ccc(C)cc1. The van der Waals surface area contributed by atoms with E-state index in [4.69, 9.17) is 22.8 Å². The Bertz CT molecular complexity index is 376. The smallest absolute Gasteiger partial charge is 0.329 e. The van der Waals surface area contributed by atoms with Crippen molar-refractivity contribution in [2.45, 2.75) is 13.8 Å². The lowest BCUT2D eigenvalue weighted by Gasteiger charge is -2.20. The van der Waals surface area contributed by atoms with E-state index in [1.54, 1.807) is 12.1 Å². The van der Waals surface area contributed by atoms with Crippen LogP contribution in [0.4, 0.5) is 5.69 Å². The van der Waals surface area contributed by atoms with Crippen LogP contribution in [0.2, 0.25) is 0 Å². The lowest BCUT2D eigenvalue weighted by atomic mass is 10.2. The maximum Gasteiger partial charge on any atom is 0.329 e. The summed E-state index contributed by atoms with van der Waals surface area (Å²) in [5.41, 5.74) is 7.16. The van der Waals surface area contributed by atoms with Gasteiger partial charge in [0.2, 0.25) is 5.11 Å². The lowest BCUT2D eigenvalue weighted by Crippen LogP contribution is -2.36. The number of aryl methyl sites for hydroxylation is 1. The van der Waals surface area contributed by atoms with Gasteiger partial charge in [0.15, 0.2) is 0 Å². The van der Waals surface area contributed by atoms with Crippen molar-refractivity contribution in [3.63, 3.8) is 0 Å². The normalized spacial score (nSPS) is 9.47. The van der Waals surface area contributed by atoms with Gasteiger partial charge in [-0.15, -0.1) is 5.06 Å². The standard InChI is InChI=1S/C10H12N2O2S/c1-7-3-5-9(6-4-7)12(10(11)15)14-8(2)13/h3-6H,1-2H3,(H2,11,15). The van der Waals surface area contributed by atoms with Gasteiger partial charge in [0.25, 0.3) is 0 Å². The fraction of sp³-hybridized carbons (Fsp3) is 0.200. The third-order valence-corrected chi connectivity index (χ3v) is 1.85. The first-order chi connectivity index (χ1) is 7.00. The number of hydrogen-bond acceptors (Lipinski definition) is 3. The van der Waals surface area contributed by atoms with E-state index in [-0.39, 0.29) is 5.11 Å². The number of benzene rings is 1. The molecule has 4 nitrogen and oxygen atoms in total. The summed E-state index contributed by atoms with van der Waals surface area (Å²) in [6.07, 6.45) is 0. The van der Waals surface area contributed by atoms with Crippen molar-refractivity contribution in [2.24, 2.45) is 5.73 Å². The molecule has 0 aliphatic carbocycles. The van der Waals surface area contributed by atoms with Gasteiger partial charge in [-0.3, -0.25) is 0 Å². The first-order valence-electron chi connectivity index (χ1n) is 4.35. The predicted octanol–water partition coefficient (Wildman–Crippen LogP) is 1.52. The van der Waals surface area contributed by atoms with Crippen molar-refractivity contribution >= 4 is 29.0 Å². The van der Waals surface area contributed by atoms with Crippen LogP contribution in [0.1, 0.15) is 12.5 Å². The second-order valence-corrected chi connectivity index (χ2v) is 3.47. The Morgan fingerprint density at radius 2 is 1.93 bits per heavy atom. The third-order valence-electron chi connectivity index (χ3n) is 1.69. The Morgan fingerprint density at radius 1 is 1.40 bits per heavy atom. The number of anilines is 1. The van der Waals surface area contributed by atoms with Gasteiger partial charge in [-0.2, -0.15) is 0 Å². The number of nitrogens with two attached hydrogens (primary N) is 1. The Morgan fingerprint density at radius 3 is 2.33 bits per heavy atom. The molecule has 1 aromatic carbocycles. The largest absolute Gasteiger partial charge is 0.373 e. The van der Waals surface area contributed by atoms with Crippen molar-refractivity contribution in [1.82, 2.24) is 0 Å². The molecule has 80 valence electrons. The molecule has 0 aromatic heterocycles. The van der Waals surface area contributed by atoms with Gasteiger partial charge < -0.3 is 10.6 Å². The minimum atomic E-state index is -0.469. The molecule has 0 radical (unpaired) electrons. The molecule has 2 N–H and O–H groups in total. The first-order valence-corrected chi connectivity index (χ1v) is 4.76. The molecule has 5 heteroatoms. The molecule has 15 heavy (non-hydrogen) atoms. The van der Waals surface area contributed by atoms with Crippen molar-refractivity contribution in [1.29, 1.82) is 0 Å². The van der Waals surface area contributed by atoms with Crippen LogP contribution in [0.5, 0.6) is 0 Å². The highest BCUT2D eigenvalue weighted by Gasteiger charge is 2.12. The highest BCUT2D eigenvalue weighted by molar-refractivity contribution is 7.80. The van der Waals surface area contributed by atoms with E-state index in [0.29, 0.717) is 5.69 Å². The highest BCUT2D eigenvalue weighted by Crippen LogP contribution is 2.15. The van der Waals surface area contributed by atoms with Gasteiger partial charge in [-0.1, -0.05) is 17.7 Å². The maximum absolute atomic E-state index is 10.8. The number of thiocarbonyl (C=S) groups is 1. The molecular weight excluding hydrogens is 212 g/mol. The predicted molar refractivity (Wildman–Crippen MR) is 62.2 cm³/mol. The molecule has 0 aliphatic rings. The van der Waals surface area contributed by atoms with Crippen LogP contribution < -0.4 is 10.8 Å². The molecule has 0 aliphatic heterocycles. The zero-order valence-electron chi connectivity index (χ0n) is 8.56. The number of hydrogen-bond donors (Lipinski definition) is 1. The average Bonchev–Trinajstić information content (AvgIpc) is 2.15. The molecule has 0 heterocycles. The van der Waals surface area contributed by atoms with Gasteiger partial charge in [-0.05, 0) is 31.3 Å². The van der Waals surface area contributed by atoms with E-state index < -0.39 is 5.97 Å². The number of rotatable bonds is 1. The van der Waals surface area contributed by atoms with Gasteiger partial charge in [0.1, 0.15) is 0 Å². The van der Waals surface area contributed by atoms with Gasteiger partial charge in [0, 0.05) is 6.92 Å². The van der Waals surface area contributed by atoms with E-state index in [1.807, 2.05) is 19.1 Å². The van der Waals surface area contributed by atoms with E-state index >= 15 is 0 Å². The second-order valence-electron chi connectivity index (χ2n) is 3.05. The van der Waals surface area contributed by atoms with Crippen LogP contribution in [0.15, 0.2) is 24.3 Å². The monoisotopic (exact) mass is 224 g/mol. The van der Waals surface area contributed by atoms with Crippen LogP contribution in [0.3, 0.4) is 0 Å². The topological polar surface area (TPSA) is 55.6 Å². The molecule has 0 bridgehead atoms. The molecular formula is C10H12N2O2S. The summed E-state index contributed by atoms with van der Waals surface area (Å²) in [5, 5.41) is 1.12. The minimum absolute atomic E-state index is 0.00551. The van der Waals surface area contributed by atoms with Crippen molar-refractivity contribution < 1.29 is 9.63 Å². The van der Waals surface area contributed by atoms with Crippen LogP contribution in [-0.4, -0.2) is 11.1 Å². The van der Waals surface area contributed by atoms with E-state index in [0.717, 1.165) is 10.6 Å². The fourth-order valence-corrected chi connectivity index (χ4v) is 1.18. The molecule has 1 aromatic rings. The third kappa shape index (κ3) is 3.21. The lowest BCUT2D eigenvalue weighted by molar-refractivity contribution is -0.140. The van der Waals surface area contributed by atoms with E-state index in [1.165, 1.54) is 6.92 Å². The maximum atomic E-state index is 10.8. The number of nitrogens with zero attached hydrogens (tertiary/aromatic N) is 1. The van der Waals surface area contributed by atoms with E-state index in [2.05, 4.69) is 0 Å². The Labute approximate surface area is 93.6 Å². The molecule has 0 spiro atoms. The number of carbonyl (C=O) groups is 1. The van der Waals surface area contributed by atoms with Crippen LogP contribution >= 0.6 is 12.2 Å². The summed E-state index contributed by atoms with van der Waals surface area (Å²) < 4.78 is 0. The van der Waals surface area contributed by atoms with Gasteiger partial charge >= 0.3 is 5.97 Å². The summed E-state index contributed by atoms with van der Waals surface area (Å²) in [4.78, 5) is 15.7. The Kier molecular flexibility index (Phi) is 3.62. The Balaban J connectivity index is 2.94. The van der Waals surface area contributed by atoms with Crippen molar-refractivity contribution in [2.75, 3.05) is 5.06 Å². The molecule has 0 fully saturated rings. The Hall–Kier alpha value is -1.62. The van der Waals surface area contributed by atoms with Crippen LogP contribution in [0, 0.1) is 6.92 Å². The molecule has 0 saturated carbocycles. The summed E-state index contributed by atoms with van der Waals surface area (Å²) >= 11 is 4.78. The van der Waals surface area contributed by atoms with Crippen molar-refractivity contribution in [3.8, 4) is 0 Å². The van der Waals surface area contributed by atoms with Crippen LogP contribution in [-0.2, 0) is 9.63 Å². The molecule has 1 rings (SSSR count). The summed E-state index contributed by atoms with van der Waals surface area (Å²) in [6.45, 7) is 3.25. The molecule has 0 amide bonds. The summed E-state index contributed by atoms with van der Waals surface area (Å²) in [5.74, 6) is -0.469. The molecule has 0 saturated heterocycles. The zero-order valence-corrected chi connectivity index (χ0v) is 9.38. The minimum Gasteiger partial charge on any atom is -0.373 e. The van der Waals surface area contributed by atoms with Gasteiger partial charge in [-0.25, -0.2) is 4.79 Å². The first kappa shape index (κ1) is 11.5. The van der Waals surface area contributed by atoms with Crippen LogP contribution in [0.25, 0.3) is 0 Å². The average molecular weight is 224 g/mol. The number of hydroxylamine groups is 1. The number of carbonyl (C=O) groups excluding carboxylic acids is 1. The van der Waals surface area contributed by atoms with Crippen molar-refractivity contribution in [3.05, 3.63) is 29.8 Å². The summed E-state index contributed by atoms with van der Waals surface area (Å²) in [6, 6.07) is 7.31.